The van der Waals surface area contributed by atoms with E-state index < -0.39 is 220 Å². The number of hydrogen-bond acceptors (Lipinski definition) is 0. The van der Waals surface area contributed by atoms with Crippen LogP contribution in [0.3, 0.4) is 0 Å². The van der Waals surface area contributed by atoms with Gasteiger partial charge in [0.2, 0.25) is 11.3 Å². The molecule has 400 valence electrons. The summed E-state index contributed by atoms with van der Waals surface area (Å²) in [5.41, 5.74) is -66.8. The molecule has 36 heteroatoms. The Hall–Kier alpha value is -5.51. The van der Waals surface area contributed by atoms with Crippen LogP contribution < -0.4 is 21.9 Å². The second-order valence-corrected chi connectivity index (χ2v) is 16.7. The zero-order valence-corrected chi connectivity index (χ0v) is 32.8. The minimum atomic E-state index is -8.74. The predicted molar refractivity (Wildman–Crippen MR) is 165 cm³/mol. The lowest BCUT2D eigenvalue weighted by Gasteiger charge is -2.45. The van der Waals surface area contributed by atoms with Gasteiger partial charge in [0.25, 0.3) is 17.0 Å². The van der Waals surface area contributed by atoms with Gasteiger partial charge in [0, 0.05) is 0 Å². The minimum Gasteiger partial charge on any atom is -0.233 e. The maximum absolute atomic E-state index is 16.8. The molecule has 73 heavy (non-hydrogen) atoms. The second-order valence-electron chi connectivity index (χ2n) is 16.7. The predicted octanol–water partition coefficient (Wildman–Crippen LogP) is 11.2. The number of hydrogen-bond donors (Lipinski definition) is 0. The average molecular weight is 1120 g/mol. The fourth-order valence-corrected chi connectivity index (χ4v) is 9.24. The van der Waals surface area contributed by atoms with Crippen LogP contribution in [0.5, 0.6) is 0 Å². The molecule has 0 radical (unpaired) electrons. The summed E-state index contributed by atoms with van der Waals surface area (Å²) in [7, 11) is 0. The van der Waals surface area contributed by atoms with E-state index in [1.807, 2.05) is 0 Å². The first kappa shape index (κ1) is 53.8. The molecule has 4 aromatic rings. The van der Waals surface area contributed by atoms with E-state index in [1.165, 1.54) is 0 Å². The Kier molecular flexibility index (Phi) is 10.1. The van der Waals surface area contributed by atoms with Crippen molar-refractivity contribution < 1.29 is 154 Å². The van der Waals surface area contributed by atoms with E-state index in [2.05, 4.69) is 0 Å². The van der Waals surface area contributed by atoms with E-state index in [0.29, 0.717) is 0 Å². The van der Waals surface area contributed by atoms with Gasteiger partial charge in [0.05, 0.1) is 22.3 Å². The largest absolute Gasteiger partial charge is 0.357 e. The van der Waals surface area contributed by atoms with Crippen molar-refractivity contribution in [3.05, 3.63) is 115 Å². The Morgan fingerprint density at radius 1 is 0.205 bits per heavy atom. The minimum absolute atomic E-state index is 0.795. The Bertz CT molecular complexity index is 2640. The SMILES string of the molecule is CC1(F)C(F)(F)C1(F)c1c(F)c(F)c([B-](c2c(F)c(F)c(C3(F)C(F)(F)C3(F)F)c(F)c2F)(c2c(F)c(F)c(C3(F)C(F)(F)C3(F)F)c(F)c2F)c2c(F)c(F)c(C3(F)C(F)(F)C3(F)F)c(F)c2F)c(F)c1F. The molecule has 0 aromatic heterocycles. The molecule has 4 aliphatic rings. The van der Waals surface area contributed by atoms with Crippen molar-refractivity contribution in [3.63, 3.8) is 0 Å². The van der Waals surface area contributed by atoms with Gasteiger partial charge in [0.15, 0.2) is 46.5 Å². The van der Waals surface area contributed by atoms with Crippen molar-refractivity contribution in [1.82, 2.24) is 0 Å². The highest BCUT2D eigenvalue weighted by atomic mass is 19.4. The normalized spacial score (nSPS) is 26.5. The lowest BCUT2D eigenvalue weighted by molar-refractivity contribution is -0.0278. The van der Waals surface area contributed by atoms with E-state index >= 15 is 87.8 Å². The summed E-state index contributed by atoms with van der Waals surface area (Å²) in [6.07, 6.45) is -8.74. The Morgan fingerprint density at radius 2 is 0.329 bits per heavy atom. The van der Waals surface area contributed by atoms with Gasteiger partial charge in [-0.25, -0.2) is 92.2 Å². The first-order valence-electron chi connectivity index (χ1n) is 18.3. The lowest BCUT2D eigenvalue weighted by atomic mass is 9.12. The van der Waals surface area contributed by atoms with Gasteiger partial charge in [-0.3, -0.25) is 0 Å². The van der Waals surface area contributed by atoms with Crippen LogP contribution in [0.2, 0.25) is 0 Å². The molecule has 0 amide bonds. The quantitative estimate of drug-likeness (QED) is 0.0937. The highest BCUT2D eigenvalue weighted by Gasteiger charge is 3.02. The summed E-state index contributed by atoms with van der Waals surface area (Å²) in [4.78, 5) is 0. The van der Waals surface area contributed by atoms with Crippen LogP contribution in [0.1, 0.15) is 29.2 Å². The molecule has 0 spiro atoms. The molecule has 4 aliphatic carbocycles. The van der Waals surface area contributed by atoms with Gasteiger partial charge in [-0.1, -0.05) is 0 Å². The fraction of sp³-hybridized carbons (Fsp3) is 0.351. The van der Waals surface area contributed by atoms with Gasteiger partial charge in [-0.15, -0.1) is 21.9 Å². The number of alkyl halides is 19. The maximum Gasteiger partial charge on any atom is 0.357 e. The zero-order valence-electron chi connectivity index (χ0n) is 32.8. The molecule has 4 aromatic carbocycles. The van der Waals surface area contributed by atoms with E-state index in [0.717, 1.165) is 0 Å². The first-order chi connectivity index (χ1) is 32.5. The molecule has 0 aliphatic heterocycles. The van der Waals surface area contributed by atoms with Crippen LogP contribution in [0.25, 0.3) is 0 Å². The number of benzene rings is 4. The van der Waals surface area contributed by atoms with E-state index in [4.69, 9.17) is 0 Å². The van der Waals surface area contributed by atoms with Gasteiger partial charge in [-0.2, -0.15) is 61.5 Å². The fourth-order valence-electron chi connectivity index (χ4n) is 9.24. The lowest BCUT2D eigenvalue weighted by Crippen LogP contribution is -2.81. The van der Waals surface area contributed by atoms with E-state index in [9.17, 15) is 65.9 Å². The van der Waals surface area contributed by atoms with Crippen molar-refractivity contribution in [1.29, 1.82) is 0 Å². The molecule has 2 atom stereocenters. The highest BCUT2D eigenvalue weighted by molar-refractivity contribution is 7.20. The van der Waals surface area contributed by atoms with Crippen molar-refractivity contribution in [2.45, 2.75) is 76.7 Å². The third kappa shape index (κ3) is 4.86. The van der Waals surface area contributed by atoms with Gasteiger partial charge in [-0.05, 0) is 6.92 Å². The molecule has 0 N–H and O–H groups in total. The van der Waals surface area contributed by atoms with Gasteiger partial charge >= 0.3 is 41.5 Å². The molecule has 0 bridgehead atoms. The van der Waals surface area contributed by atoms with Crippen LogP contribution in [-0.4, -0.2) is 53.3 Å². The third-order valence-electron chi connectivity index (χ3n) is 13.5. The summed E-state index contributed by atoms with van der Waals surface area (Å²) < 4.78 is 536. The van der Waals surface area contributed by atoms with E-state index in [1.54, 1.807) is 0 Å². The van der Waals surface area contributed by atoms with Crippen LogP contribution in [0.15, 0.2) is 0 Å². The van der Waals surface area contributed by atoms with Crippen LogP contribution in [0, 0.1) is 93.1 Å². The molecule has 0 nitrogen and oxygen atoms in total. The van der Waals surface area contributed by atoms with Crippen LogP contribution in [0.4, 0.5) is 154 Å². The third-order valence-corrected chi connectivity index (χ3v) is 13.5. The second kappa shape index (κ2) is 13.7. The molecular formula is C37H3BF35-. The first-order valence-corrected chi connectivity index (χ1v) is 18.3. The summed E-state index contributed by atoms with van der Waals surface area (Å²) >= 11 is 0. The average Bonchev–Trinajstić information content (AvgIpc) is 3.99. The van der Waals surface area contributed by atoms with Crippen molar-refractivity contribution in [2.24, 2.45) is 0 Å². The monoisotopic (exact) mass is 1120 g/mol. The zero-order chi connectivity index (χ0) is 56.4. The van der Waals surface area contributed by atoms with E-state index in [-0.39, 0.29) is 0 Å². The van der Waals surface area contributed by atoms with Crippen LogP contribution >= 0.6 is 0 Å². The molecule has 0 heterocycles. The topological polar surface area (TPSA) is 0 Å². The summed E-state index contributed by atoms with van der Waals surface area (Å²) in [5, 5.41) is 0. The summed E-state index contributed by atoms with van der Waals surface area (Å²) in [6, 6.07) is 0. The maximum atomic E-state index is 16.8. The van der Waals surface area contributed by atoms with Crippen molar-refractivity contribution in [3.8, 4) is 0 Å². The molecule has 0 saturated heterocycles. The molecule has 2 unspecified atom stereocenters. The van der Waals surface area contributed by atoms with Crippen molar-refractivity contribution in [2.75, 3.05) is 0 Å². The molecular weight excluding hydrogens is 1120 g/mol. The summed E-state index contributed by atoms with van der Waals surface area (Å²) in [5.74, 6) is -122. The van der Waals surface area contributed by atoms with Gasteiger partial charge in [0.1, 0.15) is 52.7 Å². The molecule has 4 fully saturated rings. The van der Waals surface area contributed by atoms with Gasteiger partial charge < -0.3 is 0 Å². The number of halogens is 35. The highest BCUT2D eigenvalue weighted by Crippen LogP contribution is 2.77. The summed E-state index contributed by atoms with van der Waals surface area (Å²) in [6.45, 7) is -0.795. The Labute approximate surface area is 374 Å². The molecule has 8 rings (SSSR count). The Balaban J connectivity index is 1.73. The molecule has 4 saturated carbocycles. The van der Waals surface area contributed by atoms with Crippen LogP contribution in [-0.2, 0) is 22.7 Å². The Morgan fingerprint density at radius 3 is 0.438 bits per heavy atom. The standard InChI is InChI=1S/C37H3BF35/c1-26(55)27(56,31(26,60)61)2-10(39)18(47)6(19(48)11(2)40)38(7-20(49)12(41)3(13(42)21(7)50)28(57)32(62,63)33(28,64)65,8-22(51)14(43)4(15(44)23(8)52)29(58)34(66,67)35(29,68)69)9-24(53)16(45)5(17(46)25(9)54)30(59)36(70,71)37(30,72)73/h1H3/q-1. The smallest absolute Gasteiger partial charge is 0.233 e. The van der Waals surface area contributed by atoms with Crippen molar-refractivity contribution >= 4 is 28.0 Å². The number of rotatable bonds is 8.